The molecule has 0 amide bonds. The van der Waals surface area contributed by atoms with E-state index in [1.165, 1.54) is 24.3 Å². The Morgan fingerprint density at radius 1 is 1.05 bits per heavy atom. The van der Waals surface area contributed by atoms with Crippen LogP contribution in [0.15, 0.2) is 30.3 Å². The largest absolute Gasteiger partial charge is 0.350 e. The van der Waals surface area contributed by atoms with Crippen LogP contribution in [0.2, 0.25) is 0 Å². The van der Waals surface area contributed by atoms with E-state index in [0.717, 1.165) is 6.07 Å². The van der Waals surface area contributed by atoms with Gasteiger partial charge in [-0.1, -0.05) is 12.1 Å². The zero-order valence-corrected chi connectivity index (χ0v) is 9.97. The zero-order chi connectivity index (χ0) is 14.0. The summed E-state index contributed by atoms with van der Waals surface area (Å²) in [7, 11) is 0. The van der Waals surface area contributed by atoms with E-state index >= 15 is 0 Å². The molecule has 0 saturated heterocycles. The van der Waals surface area contributed by atoms with E-state index < -0.39 is 23.0 Å². The van der Waals surface area contributed by atoms with Crippen molar-refractivity contribution in [2.45, 2.75) is 6.92 Å². The van der Waals surface area contributed by atoms with E-state index in [1.807, 2.05) is 0 Å². The molecule has 0 atom stereocenters. The topological polar surface area (TPSA) is 35.8 Å². The van der Waals surface area contributed by atoms with Crippen LogP contribution >= 0.6 is 0 Å². The molecule has 0 radical (unpaired) electrons. The summed E-state index contributed by atoms with van der Waals surface area (Å²) < 4.78 is 40.7. The predicted octanol–water partition coefficient (Wildman–Crippen LogP) is 4.03. The van der Waals surface area contributed by atoms with Gasteiger partial charge in [0, 0.05) is 0 Å². The molecule has 19 heavy (non-hydrogen) atoms. The second kappa shape index (κ2) is 5.02. The van der Waals surface area contributed by atoms with Crippen molar-refractivity contribution in [3.63, 3.8) is 0 Å². The van der Waals surface area contributed by atoms with E-state index in [1.54, 1.807) is 13.0 Å². The molecule has 1 N–H and O–H groups in total. The molecular weight excluding hydrogens is 253 g/mol. The Morgan fingerprint density at radius 2 is 1.79 bits per heavy atom. The van der Waals surface area contributed by atoms with Gasteiger partial charge in [0.05, 0.1) is 16.9 Å². The second-order valence-electron chi connectivity index (χ2n) is 3.96. The first kappa shape index (κ1) is 13.0. The molecule has 0 unspecified atom stereocenters. The molecular formula is C14H9F3N2. The van der Waals surface area contributed by atoms with Crippen molar-refractivity contribution in [3.05, 3.63) is 58.9 Å². The standard InChI is InChI=1S/C14H9F3N2/c1-8-3-2-4-10(15)14(8)19-11-6-5-9(7-18)12(16)13(11)17/h2-6,19H,1H3. The first-order valence-electron chi connectivity index (χ1n) is 5.45. The number of hydrogen-bond donors (Lipinski definition) is 1. The lowest BCUT2D eigenvalue weighted by Gasteiger charge is -2.11. The lowest BCUT2D eigenvalue weighted by atomic mass is 10.1. The SMILES string of the molecule is Cc1cccc(F)c1Nc1ccc(C#N)c(F)c1F. The maximum atomic E-state index is 13.7. The smallest absolute Gasteiger partial charge is 0.183 e. The Balaban J connectivity index is 2.46. The summed E-state index contributed by atoms with van der Waals surface area (Å²) in [6.45, 7) is 1.64. The molecule has 0 aromatic heterocycles. The van der Waals surface area contributed by atoms with Gasteiger partial charge in [-0.25, -0.2) is 13.2 Å². The van der Waals surface area contributed by atoms with Crippen LogP contribution in [0.4, 0.5) is 24.5 Å². The van der Waals surface area contributed by atoms with Gasteiger partial charge in [0.15, 0.2) is 11.6 Å². The second-order valence-corrected chi connectivity index (χ2v) is 3.96. The molecule has 0 bridgehead atoms. The predicted molar refractivity (Wildman–Crippen MR) is 65.5 cm³/mol. The van der Waals surface area contributed by atoms with E-state index in [9.17, 15) is 13.2 Å². The van der Waals surface area contributed by atoms with Crippen molar-refractivity contribution >= 4 is 11.4 Å². The molecule has 2 rings (SSSR count). The van der Waals surface area contributed by atoms with Gasteiger partial charge in [-0.15, -0.1) is 0 Å². The van der Waals surface area contributed by atoms with Crippen LogP contribution in [0, 0.1) is 35.7 Å². The summed E-state index contributed by atoms with van der Waals surface area (Å²) in [5.74, 6) is -3.02. The highest BCUT2D eigenvalue weighted by atomic mass is 19.2. The zero-order valence-electron chi connectivity index (χ0n) is 9.97. The van der Waals surface area contributed by atoms with Crippen molar-refractivity contribution in [1.29, 1.82) is 5.26 Å². The summed E-state index contributed by atoms with van der Waals surface area (Å²) in [6.07, 6.45) is 0. The van der Waals surface area contributed by atoms with Crippen molar-refractivity contribution < 1.29 is 13.2 Å². The number of aryl methyl sites for hydroxylation is 1. The Morgan fingerprint density at radius 3 is 2.42 bits per heavy atom. The van der Waals surface area contributed by atoms with Gasteiger partial charge in [-0.3, -0.25) is 0 Å². The number of hydrogen-bond acceptors (Lipinski definition) is 2. The summed E-state index contributed by atoms with van der Waals surface area (Å²) >= 11 is 0. The van der Waals surface area contributed by atoms with Gasteiger partial charge in [0.2, 0.25) is 0 Å². The monoisotopic (exact) mass is 262 g/mol. The summed E-state index contributed by atoms with van der Waals surface area (Å²) in [6, 6.07) is 8.24. The van der Waals surface area contributed by atoms with Gasteiger partial charge in [-0.05, 0) is 30.7 Å². The molecule has 0 aliphatic rings. The molecule has 2 aromatic rings. The van der Waals surface area contributed by atoms with Crippen LogP contribution in [-0.2, 0) is 0 Å². The Hall–Kier alpha value is -2.48. The van der Waals surface area contributed by atoms with Crippen molar-refractivity contribution in [2.75, 3.05) is 5.32 Å². The molecule has 2 nitrogen and oxygen atoms in total. The summed E-state index contributed by atoms with van der Waals surface area (Å²) in [5, 5.41) is 11.1. The summed E-state index contributed by atoms with van der Waals surface area (Å²) in [4.78, 5) is 0. The molecule has 0 spiro atoms. The molecule has 0 aliphatic heterocycles. The number of halogens is 3. The van der Waals surface area contributed by atoms with Crippen LogP contribution < -0.4 is 5.32 Å². The quantitative estimate of drug-likeness (QED) is 0.887. The van der Waals surface area contributed by atoms with Crippen molar-refractivity contribution in [2.24, 2.45) is 0 Å². The lowest BCUT2D eigenvalue weighted by molar-refractivity contribution is 0.509. The fourth-order valence-corrected chi connectivity index (χ4v) is 1.66. The normalized spacial score (nSPS) is 10.1. The van der Waals surface area contributed by atoms with Crippen LogP contribution in [0.5, 0.6) is 0 Å². The summed E-state index contributed by atoms with van der Waals surface area (Å²) in [5.41, 5.74) is 0.0210. The molecule has 5 heteroatoms. The van der Waals surface area contributed by atoms with E-state index in [2.05, 4.69) is 5.32 Å². The first-order valence-corrected chi connectivity index (χ1v) is 5.45. The van der Waals surface area contributed by atoms with Gasteiger partial charge in [0.25, 0.3) is 0 Å². The minimum atomic E-state index is -1.25. The fourth-order valence-electron chi connectivity index (χ4n) is 1.66. The minimum Gasteiger partial charge on any atom is -0.350 e. The third-order valence-electron chi connectivity index (χ3n) is 2.68. The number of rotatable bonds is 2. The maximum Gasteiger partial charge on any atom is 0.183 e. The van der Waals surface area contributed by atoms with Gasteiger partial charge >= 0.3 is 0 Å². The lowest BCUT2D eigenvalue weighted by Crippen LogP contribution is -2.01. The third kappa shape index (κ3) is 2.38. The first-order chi connectivity index (χ1) is 9.04. The Kier molecular flexibility index (Phi) is 3.43. The van der Waals surface area contributed by atoms with Crippen molar-refractivity contribution in [1.82, 2.24) is 0 Å². The molecule has 0 fully saturated rings. The van der Waals surface area contributed by atoms with E-state index in [0.29, 0.717) is 5.56 Å². The average Bonchev–Trinajstić information content (AvgIpc) is 2.39. The Bertz CT molecular complexity index is 655. The number of benzene rings is 2. The molecule has 0 aliphatic carbocycles. The molecule has 0 heterocycles. The molecule has 0 saturated carbocycles. The fraction of sp³-hybridized carbons (Fsp3) is 0.0714. The van der Waals surface area contributed by atoms with Crippen LogP contribution in [0.25, 0.3) is 0 Å². The highest BCUT2D eigenvalue weighted by Gasteiger charge is 2.15. The molecule has 96 valence electrons. The van der Waals surface area contributed by atoms with Crippen LogP contribution in [0.1, 0.15) is 11.1 Å². The average molecular weight is 262 g/mol. The van der Waals surface area contributed by atoms with Crippen LogP contribution in [0.3, 0.4) is 0 Å². The number of nitrogens with zero attached hydrogens (tertiary/aromatic N) is 1. The number of para-hydroxylation sites is 1. The van der Waals surface area contributed by atoms with Crippen molar-refractivity contribution in [3.8, 4) is 6.07 Å². The maximum absolute atomic E-state index is 13.7. The Labute approximate surface area is 108 Å². The number of nitrogens with one attached hydrogen (secondary N) is 1. The number of anilines is 2. The van der Waals surface area contributed by atoms with Crippen LogP contribution in [-0.4, -0.2) is 0 Å². The van der Waals surface area contributed by atoms with Gasteiger partial charge in [-0.2, -0.15) is 5.26 Å². The van der Waals surface area contributed by atoms with Gasteiger partial charge in [0.1, 0.15) is 11.9 Å². The highest BCUT2D eigenvalue weighted by Crippen LogP contribution is 2.27. The van der Waals surface area contributed by atoms with Gasteiger partial charge < -0.3 is 5.32 Å². The number of nitriles is 1. The molecule has 2 aromatic carbocycles. The minimum absolute atomic E-state index is 0.0745. The highest BCUT2D eigenvalue weighted by molar-refractivity contribution is 5.65. The third-order valence-corrected chi connectivity index (χ3v) is 2.68. The van der Waals surface area contributed by atoms with E-state index in [4.69, 9.17) is 5.26 Å². The van der Waals surface area contributed by atoms with E-state index in [-0.39, 0.29) is 11.4 Å².